The van der Waals surface area contributed by atoms with Crippen molar-refractivity contribution >= 4 is 17.6 Å². The molecule has 1 aromatic rings. The molecular weight excluding hydrogens is 230 g/mol. The van der Waals surface area contributed by atoms with Crippen LogP contribution in [0.5, 0.6) is 0 Å². The summed E-state index contributed by atoms with van der Waals surface area (Å²) >= 11 is 5.82. The van der Waals surface area contributed by atoms with Gasteiger partial charge >= 0.3 is 5.97 Å². The largest absolute Gasteiger partial charge is 0.461 e. The molecule has 0 N–H and O–H groups in total. The van der Waals surface area contributed by atoms with Crippen molar-refractivity contribution in [2.75, 3.05) is 6.61 Å². The Morgan fingerprint density at radius 1 is 1.56 bits per heavy atom. The van der Waals surface area contributed by atoms with Gasteiger partial charge in [-0.05, 0) is 20.3 Å². The van der Waals surface area contributed by atoms with Crippen LogP contribution in [0.25, 0.3) is 0 Å². The van der Waals surface area contributed by atoms with Gasteiger partial charge in [-0.15, -0.1) is 16.7 Å². The molecule has 0 radical (unpaired) electrons. The van der Waals surface area contributed by atoms with Gasteiger partial charge in [-0.2, -0.15) is 0 Å². The molecule has 0 aromatic carbocycles. The molecule has 1 atom stereocenters. The number of nitrogens with zero attached hydrogens (tertiary/aromatic N) is 3. The van der Waals surface area contributed by atoms with Crippen molar-refractivity contribution in [2.24, 2.45) is 0 Å². The number of alkyl halides is 1. The maximum Gasteiger partial charge on any atom is 0.360 e. The minimum absolute atomic E-state index is 0.171. The van der Waals surface area contributed by atoms with Crippen LogP contribution >= 0.6 is 11.6 Å². The normalized spacial score (nSPS) is 12.5. The van der Waals surface area contributed by atoms with Crippen LogP contribution in [-0.2, 0) is 10.6 Å². The number of halogens is 1. The SMILES string of the molecule is CCOC(=O)c1nnn(C(C)CC)c1CCl. The first-order chi connectivity index (χ1) is 7.65. The molecule has 90 valence electrons. The Balaban J connectivity index is 3.03. The first-order valence-corrected chi connectivity index (χ1v) is 5.86. The fourth-order valence-electron chi connectivity index (χ4n) is 1.32. The third-order valence-corrected chi connectivity index (χ3v) is 2.65. The highest BCUT2D eigenvalue weighted by molar-refractivity contribution is 6.17. The number of rotatable bonds is 5. The molecule has 1 rings (SSSR count). The van der Waals surface area contributed by atoms with Gasteiger partial charge in [0.15, 0.2) is 5.69 Å². The summed E-state index contributed by atoms with van der Waals surface area (Å²) in [6.45, 7) is 6.10. The van der Waals surface area contributed by atoms with Crippen molar-refractivity contribution in [3.8, 4) is 0 Å². The molecule has 0 bridgehead atoms. The van der Waals surface area contributed by atoms with E-state index in [0.29, 0.717) is 12.3 Å². The molecule has 0 fully saturated rings. The van der Waals surface area contributed by atoms with Gasteiger partial charge in [0, 0.05) is 0 Å². The van der Waals surface area contributed by atoms with Crippen molar-refractivity contribution in [1.29, 1.82) is 0 Å². The van der Waals surface area contributed by atoms with Crippen LogP contribution in [0.15, 0.2) is 0 Å². The van der Waals surface area contributed by atoms with Crippen LogP contribution < -0.4 is 0 Å². The summed E-state index contributed by atoms with van der Waals surface area (Å²) in [5.41, 5.74) is 0.839. The third kappa shape index (κ3) is 2.52. The third-order valence-electron chi connectivity index (χ3n) is 2.39. The Labute approximate surface area is 99.7 Å². The lowest BCUT2D eigenvalue weighted by Crippen LogP contribution is -2.12. The smallest absolute Gasteiger partial charge is 0.360 e. The van der Waals surface area contributed by atoms with Crippen LogP contribution in [0.3, 0.4) is 0 Å². The van der Waals surface area contributed by atoms with Gasteiger partial charge in [0.1, 0.15) is 0 Å². The first-order valence-electron chi connectivity index (χ1n) is 5.32. The molecule has 0 aliphatic carbocycles. The van der Waals surface area contributed by atoms with E-state index in [1.165, 1.54) is 0 Å². The highest BCUT2D eigenvalue weighted by Gasteiger charge is 2.21. The first kappa shape index (κ1) is 13.0. The lowest BCUT2D eigenvalue weighted by atomic mass is 10.2. The summed E-state index contributed by atoms with van der Waals surface area (Å²) in [6.07, 6.45) is 0.898. The number of carbonyl (C=O) groups is 1. The summed E-state index contributed by atoms with van der Waals surface area (Å²) in [5, 5.41) is 7.77. The summed E-state index contributed by atoms with van der Waals surface area (Å²) < 4.78 is 6.56. The van der Waals surface area contributed by atoms with E-state index in [1.54, 1.807) is 11.6 Å². The Morgan fingerprint density at radius 3 is 2.75 bits per heavy atom. The van der Waals surface area contributed by atoms with Gasteiger partial charge < -0.3 is 4.74 Å². The minimum atomic E-state index is -0.465. The maximum atomic E-state index is 11.6. The van der Waals surface area contributed by atoms with E-state index in [0.717, 1.165) is 6.42 Å². The maximum absolute atomic E-state index is 11.6. The van der Waals surface area contributed by atoms with Crippen LogP contribution in [-0.4, -0.2) is 27.6 Å². The Bertz CT molecular complexity index is 365. The van der Waals surface area contributed by atoms with Crippen molar-refractivity contribution in [2.45, 2.75) is 39.1 Å². The average Bonchev–Trinajstić information content (AvgIpc) is 2.71. The molecule has 16 heavy (non-hydrogen) atoms. The second-order valence-corrected chi connectivity index (χ2v) is 3.71. The second kappa shape index (κ2) is 5.84. The van der Waals surface area contributed by atoms with Gasteiger partial charge in [0.2, 0.25) is 0 Å². The molecule has 6 heteroatoms. The Morgan fingerprint density at radius 2 is 2.25 bits per heavy atom. The van der Waals surface area contributed by atoms with Crippen molar-refractivity contribution < 1.29 is 9.53 Å². The number of ether oxygens (including phenoxy) is 1. The highest BCUT2D eigenvalue weighted by atomic mass is 35.5. The van der Waals surface area contributed by atoms with E-state index < -0.39 is 5.97 Å². The van der Waals surface area contributed by atoms with E-state index in [2.05, 4.69) is 10.3 Å². The second-order valence-electron chi connectivity index (χ2n) is 3.44. The quantitative estimate of drug-likeness (QED) is 0.589. The number of aromatic nitrogens is 3. The minimum Gasteiger partial charge on any atom is -0.461 e. The zero-order chi connectivity index (χ0) is 12.1. The monoisotopic (exact) mass is 245 g/mol. The highest BCUT2D eigenvalue weighted by Crippen LogP contribution is 2.17. The van der Waals surface area contributed by atoms with Crippen LogP contribution in [0, 0.1) is 0 Å². The van der Waals surface area contributed by atoms with Crippen LogP contribution in [0.1, 0.15) is 49.4 Å². The average molecular weight is 246 g/mol. The van der Waals surface area contributed by atoms with Crippen molar-refractivity contribution in [3.63, 3.8) is 0 Å². The molecule has 1 aromatic heterocycles. The lowest BCUT2D eigenvalue weighted by molar-refractivity contribution is 0.0518. The number of hydrogen-bond acceptors (Lipinski definition) is 4. The number of hydrogen-bond donors (Lipinski definition) is 0. The lowest BCUT2D eigenvalue weighted by Gasteiger charge is -2.11. The molecule has 0 saturated carbocycles. The standard InChI is InChI=1S/C10H16ClN3O2/c1-4-7(3)14-8(6-11)9(12-13-14)10(15)16-5-2/h7H,4-6H2,1-3H3. The topological polar surface area (TPSA) is 57.0 Å². The van der Waals surface area contributed by atoms with Gasteiger partial charge in [0.05, 0.1) is 24.2 Å². The van der Waals surface area contributed by atoms with Crippen molar-refractivity contribution in [3.05, 3.63) is 11.4 Å². The van der Waals surface area contributed by atoms with E-state index in [4.69, 9.17) is 16.3 Å². The summed E-state index contributed by atoms with van der Waals surface area (Å²) in [7, 11) is 0. The molecule has 0 saturated heterocycles. The van der Waals surface area contributed by atoms with Crippen molar-refractivity contribution in [1.82, 2.24) is 15.0 Å². The zero-order valence-corrected chi connectivity index (χ0v) is 10.5. The number of carbonyl (C=O) groups excluding carboxylic acids is 1. The van der Waals surface area contributed by atoms with Gasteiger partial charge in [0.25, 0.3) is 0 Å². The predicted octanol–water partition coefficient (Wildman–Crippen LogP) is 2.16. The van der Waals surface area contributed by atoms with Crippen LogP contribution in [0.4, 0.5) is 0 Å². The molecule has 0 aliphatic rings. The summed E-state index contributed by atoms with van der Waals surface area (Å²) in [4.78, 5) is 11.6. The van der Waals surface area contributed by atoms with Gasteiger partial charge in [-0.25, -0.2) is 9.48 Å². The number of esters is 1. The van der Waals surface area contributed by atoms with Crippen LogP contribution in [0.2, 0.25) is 0 Å². The van der Waals surface area contributed by atoms with E-state index in [1.807, 2.05) is 13.8 Å². The molecule has 1 unspecified atom stereocenters. The Hall–Kier alpha value is -1.10. The van der Waals surface area contributed by atoms with E-state index in [9.17, 15) is 4.79 Å². The van der Waals surface area contributed by atoms with Gasteiger partial charge in [-0.1, -0.05) is 12.1 Å². The zero-order valence-electron chi connectivity index (χ0n) is 9.73. The van der Waals surface area contributed by atoms with E-state index in [-0.39, 0.29) is 17.6 Å². The molecule has 0 aliphatic heterocycles. The molecule has 0 amide bonds. The summed E-state index contributed by atoms with van der Waals surface area (Å²) in [5.74, 6) is -0.265. The van der Waals surface area contributed by atoms with Gasteiger partial charge in [-0.3, -0.25) is 0 Å². The summed E-state index contributed by atoms with van der Waals surface area (Å²) in [6, 6.07) is 0.171. The molecular formula is C10H16ClN3O2. The fourth-order valence-corrected chi connectivity index (χ4v) is 1.57. The fraction of sp³-hybridized carbons (Fsp3) is 0.700. The molecule has 1 heterocycles. The predicted molar refractivity (Wildman–Crippen MR) is 60.5 cm³/mol. The van der Waals surface area contributed by atoms with E-state index >= 15 is 0 Å². The molecule has 5 nitrogen and oxygen atoms in total. The Kier molecular flexibility index (Phi) is 4.73. The molecule has 0 spiro atoms.